The van der Waals surface area contributed by atoms with Crippen molar-refractivity contribution in [2.24, 2.45) is 0 Å². The number of carboxylic acid groups (broad SMARTS) is 1. The van der Waals surface area contributed by atoms with Gasteiger partial charge in [-0.3, -0.25) is 9.78 Å². The number of nitrogens with one attached hydrogen (secondary N) is 1. The van der Waals surface area contributed by atoms with E-state index in [1.807, 2.05) is 42.6 Å². The van der Waals surface area contributed by atoms with E-state index in [1.165, 1.54) is 0 Å². The summed E-state index contributed by atoms with van der Waals surface area (Å²) in [4.78, 5) is 15.1. The Labute approximate surface area is 124 Å². The molecule has 0 aliphatic carbocycles. The van der Waals surface area contributed by atoms with Crippen LogP contribution >= 0.6 is 0 Å². The Morgan fingerprint density at radius 3 is 2.48 bits per heavy atom. The third-order valence-electron chi connectivity index (χ3n) is 3.65. The lowest BCUT2D eigenvalue weighted by molar-refractivity contribution is -0.138. The van der Waals surface area contributed by atoms with E-state index in [0.29, 0.717) is 0 Å². The molecule has 0 amide bonds. The first-order valence-electron chi connectivity index (χ1n) is 7.03. The molecule has 2 rings (SSSR count). The van der Waals surface area contributed by atoms with Crippen LogP contribution in [0, 0.1) is 0 Å². The number of aliphatic carboxylic acids is 1. The summed E-state index contributed by atoms with van der Waals surface area (Å²) >= 11 is 0. The zero-order chi connectivity index (χ0) is 15.2. The molecule has 1 aromatic carbocycles. The molecule has 2 aromatic rings. The molecule has 21 heavy (non-hydrogen) atoms. The zero-order valence-electron chi connectivity index (χ0n) is 12.3. The Balaban J connectivity index is 1.93. The van der Waals surface area contributed by atoms with Gasteiger partial charge in [0.15, 0.2) is 0 Å². The van der Waals surface area contributed by atoms with Crippen molar-refractivity contribution in [1.82, 2.24) is 10.3 Å². The van der Waals surface area contributed by atoms with Gasteiger partial charge < -0.3 is 10.4 Å². The van der Waals surface area contributed by atoms with Gasteiger partial charge in [0.1, 0.15) is 0 Å². The molecule has 4 nitrogen and oxygen atoms in total. The van der Waals surface area contributed by atoms with Crippen molar-refractivity contribution >= 4 is 5.97 Å². The quantitative estimate of drug-likeness (QED) is 0.855. The smallest absolute Gasteiger partial charge is 0.310 e. The monoisotopic (exact) mass is 284 g/mol. The van der Waals surface area contributed by atoms with Crippen LogP contribution < -0.4 is 5.32 Å². The van der Waals surface area contributed by atoms with E-state index in [4.69, 9.17) is 5.11 Å². The number of carbonyl (C=O) groups is 1. The number of nitrogens with zero attached hydrogens (tertiary/aromatic N) is 1. The lowest BCUT2D eigenvalue weighted by Gasteiger charge is -2.14. The normalized spacial score (nSPS) is 13.6. The topological polar surface area (TPSA) is 62.2 Å². The Morgan fingerprint density at radius 2 is 1.90 bits per heavy atom. The largest absolute Gasteiger partial charge is 0.481 e. The first kappa shape index (κ1) is 15.2. The second-order valence-corrected chi connectivity index (χ2v) is 5.19. The fourth-order valence-corrected chi connectivity index (χ4v) is 2.09. The lowest BCUT2D eigenvalue weighted by Crippen LogP contribution is -2.18. The molecular formula is C17H20N2O2. The molecule has 1 aromatic heterocycles. The fraction of sp³-hybridized carbons (Fsp3) is 0.294. The molecule has 110 valence electrons. The first-order valence-corrected chi connectivity index (χ1v) is 7.03. The minimum Gasteiger partial charge on any atom is -0.481 e. The second-order valence-electron chi connectivity index (χ2n) is 5.19. The van der Waals surface area contributed by atoms with Gasteiger partial charge in [0, 0.05) is 25.0 Å². The van der Waals surface area contributed by atoms with Crippen molar-refractivity contribution in [3.05, 3.63) is 65.5 Å². The van der Waals surface area contributed by atoms with Crippen LogP contribution in [-0.4, -0.2) is 16.1 Å². The van der Waals surface area contributed by atoms with Crippen molar-refractivity contribution in [3.8, 4) is 0 Å². The van der Waals surface area contributed by atoms with Gasteiger partial charge in [-0.1, -0.05) is 30.3 Å². The molecule has 2 N–H and O–H groups in total. The fourth-order valence-electron chi connectivity index (χ4n) is 2.09. The van der Waals surface area contributed by atoms with E-state index in [2.05, 4.69) is 17.2 Å². The average molecular weight is 284 g/mol. The van der Waals surface area contributed by atoms with Gasteiger partial charge in [0.05, 0.1) is 5.92 Å². The third-order valence-corrected chi connectivity index (χ3v) is 3.65. The van der Waals surface area contributed by atoms with Crippen LogP contribution in [-0.2, 0) is 11.3 Å². The Kier molecular flexibility index (Phi) is 5.06. The Bertz CT molecular complexity index is 581. The predicted octanol–water partition coefficient (Wildman–Crippen LogP) is 3.12. The minimum absolute atomic E-state index is 0.219. The highest BCUT2D eigenvalue weighted by molar-refractivity contribution is 5.75. The van der Waals surface area contributed by atoms with E-state index in [9.17, 15) is 4.79 Å². The van der Waals surface area contributed by atoms with Crippen LogP contribution in [0.1, 0.15) is 42.5 Å². The molecule has 0 radical (unpaired) electrons. The minimum atomic E-state index is -0.800. The molecule has 1 unspecified atom stereocenters. The predicted molar refractivity (Wildman–Crippen MR) is 82.0 cm³/mol. The summed E-state index contributed by atoms with van der Waals surface area (Å²) in [5.74, 6) is -1.27. The van der Waals surface area contributed by atoms with Crippen molar-refractivity contribution in [2.75, 3.05) is 0 Å². The Hall–Kier alpha value is -2.20. The summed E-state index contributed by atoms with van der Waals surface area (Å²) in [6, 6.07) is 11.9. The van der Waals surface area contributed by atoms with Crippen LogP contribution in [0.25, 0.3) is 0 Å². The summed E-state index contributed by atoms with van der Waals surface area (Å²) in [5, 5.41) is 12.4. The first-order chi connectivity index (χ1) is 10.1. The van der Waals surface area contributed by atoms with Crippen molar-refractivity contribution in [2.45, 2.75) is 32.4 Å². The van der Waals surface area contributed by atoms with Gasteiger partial charge in [0.2, 0.25) is 0 Å². The van der Waals surface area contributed by atoms with Gasteiger partial charge in [0.25, 0.3) is 0 Å². The molecule has 2 atom stereocenters. The highest BCUT2D eigenvalue weighted by atomic mass is 16.4. The van der Waals surface area contributed by atoms with Crippen LogP contribution in [0.3, 0.4) is 0 Å². The molecule has 0 spiro atoms. The summed E-state index contributed by atoms with van der Waals surface area (Å²) in [5.41, 5.74) is 3.10. The number of hydrogen-bond donors (Lipinski definition) is 2. The third kappa shape index (κ3) is 4.13. The van der Waals surface area contributed by atoms with Gasteiger partial charge in [-0.2, -0.15) is 0 Å². The second kappa shape index (κ2) is 6.99. The number of aromatic nitrogens is 1. The van der Waals surface area contributed by atoms with Crippen LogP contribution in [0.2, 0.25) is 0 Å². The zero-order valence-corrected chi connectivity index (χ0v) is 12.3. The summed E-state index contributed by atoms with van der Waals surface area (Å²) in [6.07, 6.45) is 3.62. The SMILES string of the molecule is CC(C(=O)O)c1ccc(CN[C@H](C)c2cccnc2)cc1. The molecule has 0 saturated carbocycles. The molecule has 0 aliphatic heterocycles. The van der Waals surface area contributed by atoms with Gasteiger partial charge >= 0.3 is 5.97 Å². The van der Waals surface area contributed by atoms with E-state index < -0.39 is 11.9 Å². The number of carboxylic acids is 1. The Morgan fingerprint density at radius 1 is 1.19 bits per heavy atom. The van der Waals surface area contributed by atoms with E-state index in [0.717, 1.165) is 23.2 Å². The highest BCUT2D eigenvalue weighted by Crippen LogP contribution is 2.17. The van der Waals surface area contributed by atoms with Crippen molar-refractivity contribution < 1.29 is 9.90 Å². The standard InChI is InChI=1S/C17H20N2O2/c1-12(17(20)21)15-7-5-14(6-8-15)10-19-13(2)16-4-3-9-18-11-16/h3-9,11-13,19H,10H2,1-2H3,(H,20,21)/t12?,13-/m1/s1. The molecule has 0 saturated heterocycles. The number of hydrogen-bond acceptors (Lipinski definition) is 3. The maximum Gasteiger partial charge on any atom is 0.310 e. The summed E-state index contributed by atoms with van der Waals surface area (Å²) < 4.78 is 0. The lowest BCUT2D eigenvalue weighted by atomic mass is 10.00. The molecule has 0 bridgehead atoms. The van der Waals surface area contributed by atoms with E-state index in [-0.39, 0.29) is 6.04 Å². The van der Waals surface area contributed by atoms with Gasteiger partial charge in [-0.05, 0) is 36.6 Å². The molecular weight excluding hydrogens is 264 g/mol. The van der Waals surface area contributed by atoms with E-state index >= 15 is 0 Å². The number of benzene rings is 1. The van der Waals surface area contributed by atoms with Gasteiger partial charge in [-0.15, -0.1) is 0 Å². The van der Waals surface area contributed by atoms with Crippen molar-refractivity contribution in [1.29, 1.82) is 0 Å². The van der Waals surface area contributed by atoms with Crippen molar-refractivity contribution in [3.63, 3.8) is 0 Å². The molecule has 4 heteroatoms. The van der Waals surface area contributed by atoms with Crippen LogP contribution in [0.15, 0.2) is 48.8 Å². The van der Waals surface area contributed by atoms with Crippen LogP contribution in [0.5, 0.6) is 0 Å². The summed E-state index contributed by atoms with van der Waals surface area (Å²) in [6.45, 7) is 4.52. The van der Waals surface area contributed by atoms with E-state index in [1.54, 1.807) is 13.1 Å². The molecule has 1 heterocycles. The highest BCUT2D eigenvalue weighted by Gasteiger charge is 2.13. The number of pyridine rings is 1. The van der Waals surface area contributed by atoms with Gasteiger partial charge in [-0.25, -0.2) is 0 Å². The number of rotatable bonds is 6. The molecule has 0 aliphatic rings. The maximum atomic E-state index is 10.9. The maximum absolute atomic E-state index is 10.9. The van der Waals surface area contributed by atoms with Crippen LogP contribution in [0.4, 0.5) is 0 Å². The molecule has 0 fully saturated rings. The summed E-state index contributed by atoms with van der Waals surface area (Å²) in [7, 11) is 0. The average Bonchev–Trinajstić information content (AvgIpc) is 2.53.